The van der Waals surface area contributed by atoms with Gasteiger partial charge in [0.2, 0.25) is 0 Å². The van der Waals surface area contributed by atoms with Gasteiger partial charge in [0.25, 0.3) is 0 Å². The zero-order valence-corrected chi connectivity index (χ0v) is 11.1. The van der Waals surface area contributed by atoms with Crippen molar-refractivity contribution in [2.45, 2.75) is 25.2 Å². The van der Waals surface area contributed by atoms with E-state index in [1.165, 1.54) is 6.07 Å². The summed E-state index contributed by atoms with van der Waals surface area (Å²) in [5.41, 5.74) is 0.727. The molecule has 0 bridgehead atoms. The van der Waals surface area contributed by atoms with Crippen molar-refractivity contribution in [2.24, 2.45) is 0 Å². The maximum atomic E-state index is 13.9. The zero-order valence-electron chi connectivity index (χ0n) is 10.3. The molecule has 1 aromatic heterocycles. The summed E-state index contributed by atoms with van der Waals surface area (Å²) in [6.07, 6.45) is 1.64. The van der Waals surface area contributed by atoms with E-state index in [4.69, 9.17) is 5.11 Å². The molecule has 1 aromatic carbocycles. The number of benzene rings is 1. The smallest absolute Gasteiger partial charge is 0.347 e. The molecule has 0 unspecified atom stereocenters. The van der Waals surface area contributed by atoms with Crippen molar-refractivity contribution in [2.75, 3.05) is 0 Å². The van der Waals surface area contributed by atoms with Crippen LogP contribution in [0.25, 0.3) is 0 Å². The standard InChI is InChI=1S/C14H12FNO2S/c1-8-11(12(17)18)19-13(16-8)14(6-7-14)9-4-2-3-5-10(9)15/h2-5H,6-7H2,1H3,(H,17,18). The molecular weight excluding hydrogens is 265 g/mol. The Morgan fingerprint density at radius 1 is 1.42 bits per heavy atom. The summed E-state index contributed by atoms with van der Waals surface area (Å²) in [7, 11) is 0. The highest BCUT2D eigenvalue weighted by atomic mass is 32.1. The van der Waals surface area contributed by atoms with E-state index in [-0.39, 0.29) is 10.7 Å². The number of carboxylic acid groups (broad SMARTS) is 1. The van der Waals surface area contributed by atoms with Crippen LogP contribution in [0.1, 0.15) is 38.8 Å². The van der Waals surface area contributed by atoms with Gasteiger partial charge in [0.05, 0.1) is 11.1 Å². The number of carboxylic acids is 1. The van der Waals surface area contributed by atoms with Crippen LogP contribution < -0.4 is 0 Å². The van der Waals surface area contributed by atoms with E-state index < -0.39 is 11.4 Å². The molecule has 2 aromatic rings. The Kier molecular flexibility index (Phi) is 2.67. The topological polar surface area (TPSA) is 50.2 Å². The lowest BCUT2D eigenvalue weighted by Gasteiger charge is -2.13. The van der Waals surface area contributed by atoms with Gasteiger partial charge in [0.1, 0.15) is 15.7 Å². The van der Waals surface area contributed by atoms with Crippen molar-refractivity contribution in [3.05, 3.63) is 51.2 Å². The molecule has 0 radical (unpaired) electrons. The van der Waals surface area contributed by atoms with Crippen molar-refractivity contribution >= 4 is 17.3 Å². The summed E-state index contributed by atoms with van der Waals surface area (Å²) in [6.45, 7) is 1.68. The van der Waals surface area contributed by atoms with Crippen LogP contribution in [-0.4, -0.2) is 16.1 Å². The van der Waals surface area contributed by atoms with Crippen LogP contribution in [0, 0.1) is 12.7 Å². The minimum Gasteiger partial charge on any atom is -0.477 e. The molecule has 1 aliphatic carbocycles. The van der Waals surface area contributed by atoms with Gasteiger partial charge in [-0.1, -0.05) is 18.2 Å². The Hall–Kier alpha value is -1.75. The maximum Gasteiger partial charge on any atom is 0.347 e. The van der Waals surface area contributed by atoms with Gasteiger partial charge in [0, 0.05) is 5.56 Å². The van der Waals surface area contributed by atoms with Gasteiger partial charge in [-0.2, -0.15) is 0 Å². The van der Waals surface area contributed by atoms with Crippen molar-refractivity contribution in [3.8, 4) is 0 Å². The summed E-state index contributed by atoms with van der Waals surface area (Å²) < 4.78 is 13.9. The fraction of sp³-hybridized carbons (Fsp3) is 0.286. The van der Waals surface area contributed by atoms with Crippen LogP contribution in [0.4, 0.5) is 4.39 Å². The van der Waals surface area contributed by atoms with Gasteiger partial charge in [-0.15, -0.1) is 11.3 Å². The number of hydrogen-bond acceptors (Lipinski definition) is 3. The number of carbonyl (C=O) groups is 1. The van der Waals surface area contributed by atoms with E-state index in [1.54, 1.807) is 25.1 Å². The Labute approximate surface area is 113 Å². The first-order valence-electron chi connectivity index (χ1n) is 6.01. The summed E-state index contributed by atoms with van der Waals surface area (Å²) >= 11 is 1.16. The van der Waals surface area contributed by atoms with E-state index in [2.05, 4.69) is 4.98 Å². The van der Waals surface area contributed by atoms with Gasteiger partial charge >= 0.3 is 5.97 Å². The molecule has 1 saturated carbocycles. The minimum absolute atomic E-state index is 0.246. The molecule has 0 atom stereocenters. The van der Waals surface area contributed by atoms with E-state index in [0.717, 1.165) is 24.2 Å². The molecule has 19 heavy (non-hydrogen) atoms. The number of aromatic carboxylic acids is 1. The molecular formula is C14H12FNO2S. The number of aromatic nitrogens is 1. The Morgan fingerprint density at radius 2 is 2.11 bits per heavy atom. The molecule has 1 fully saturated rings. The number of aryl methyl sites for hydroxylation is 1. The molecule has 0 saturated heterocycles. The SMILES string of the molecule is Cc1nc(C2(c3ccccc3F)CC2)sc1C(=O)O. The predicted octanol–water partition coefficient (Wildman–Crippen LogP) is 3.37. The van der Waals surface area contributed by atoms with Crippen LogP contribution in [0.5, 0.6) is 0 Å². The van der Waals surface area contributed by atoms with E-state index in [0.29, 0.717) is 16.3 Å². The Morgan fingerprint density at radius 3 is 2.63 bits per heavy atom. The summed E-state index contributed by atoms with van der Waals surface area (Å²) in [5.74, 6) is -1.21. The highest BCUT2D eigenvalue weighted by Crippen LogP contribution is 2.55. The number of halogens is 1. The minimum atomic E-state index is -0.967. The fourth-order valence-electron chi connectivity index (χ4n) is 2.37. The third kappa shape index (κ3) is 1.85. The van der Waals surface area contributed by atoms with Gasteiger partial charge in [0.15, 0.2) is 0 Å². The van der Waals surface area contributed by atoms with Crippen LogP contribution >= 0.6 is 11.3 Å². The number of nitrogens with zero attached hydrogens (tertiary/aromatic N) is 1. The number of rotatable bonds is 3. The quantitative estimate of drug-likeness (QED) is 0.935. The molecule has 3 rings (SSSR count). The molecule has 3 nitrogen and oxygen atoms in total. The lowest BCUT2D eigenvalue weighted by atomic mass is 9.96. The second-order valence-corrected chi connectivity index (χ2v) is 5.80. The van der Waals surface area contributed by atoms with E-state index in [9.17, 15) is 9.18 Å². The van der Waals surface area contributed by atoms with Gasteiger partial charge in [-0.3, -0.25) is 0 Å². The second kappa shape index (κ2) is 4.13. The first-order valence-corrected chi connectivity index (χ1v) is 6.82. The van der Waals surface area contributed by atoms with Crippen molar-refractivity contribution in [1.29, 1.82) is 0 Å². The largest absolute Gasteiger partial charge is 0.477 e. The molecule has 5 heteroatoms. The maximum absolute atomic E-state index is 13.9. The van der Waals surface area contributed by atoms with Crippen LogP contribution in [0.2, 0.25) is 0 Å². The molecule has 0 spiro atoms. The van der Waals surface area contributed by atoms with E-state index >= 15 is 0 Å². The zero-order chi connectivity index (χ0) is 13.6. The molecule has 1 aliphatic rings. The molecule has 0 aliphatic heterocycles. The van der Waals surface area contributed by atoms with Gasteiger partial charge in [-0.25, -0.2) is 14.2 Å². The first-order chi connectivity index (χ1) is 9.04. The Bertz CT molecular complexity index is 661. The monoisotopic (exact) mass is 277 g/mol. The average Bonchev–Trinajstić information content (AvgIpc) is 3.07. The molecule has 0 amide bonds. The highest BCUT2D eigenvalue weighted by molar-refractivity contribution is 7.14. The number of thiazole rings is 1. The van der Waals surface area contributed by atoms with Gasteiger partial charge < -0.3 is 5.11 Å². The van der Waals surface area contributed by atoms with Gasteiger partial charge in [-0.05, 0) is 25.8 Å². The first kappa shape index (κ1) is 12.3. The lowest BCUT2D eigenvalue weighted by Crippen LogP contribution is -2.10. The second-order valence-electron chi connectivity index (χ2n) is 4.80. The summed E-state index contributed by atoms with van der Waals surface area (Å²) in [5, 5.41) is 9.80. The van der Waals surface area contributed by atoms with Crippen LogP contribution in [0.3, 0.4) is 0 Å². The van der Waals surface area contributed by atoms with Crippen LogP contribution in [0.15, 0.2) is 24.3 Å². The van der Waals surface area contributed by atoms with Crippen molar-refractivity contribution in [1.82, 2.24) is 4.98 Å². The molecule has 98 valence electrons. The average molecular weight is 277 g/mol. The third-order valence-electron chi connectivity index (χ3n) is 3.54. The molecule has 1 heterocycles. The normalized spacial score (nSPS) is 16.3. The third-order valence-corrected chi connectivity index (χ3v) is 4.89. The number of hydrogen-bond donors (Lipinski definition) is 1. The molecule has 1 N–H and O–H groups in total. The highest BCUT2D eigenvalue weighted by Gasteiger charge is 2.50. The van der Waals surface area contributed by atoms with Crippen LogP contribution in [-0.2, 0) is 5.41 Å². The van der Waals surface area contributed by atoms with Crippen molar-refractivity contribution < 1.29 is 14.3 Å². The van der Waals surface area contributed by atoms with E-state index in [1.807, 2.05) is 0 Å². The van der Waals surface area contributed by atoms with Crippen molar-refractivity contribution in [3.63, 3.8) is 0 Å². The summed E-state index contributed by atoms with van der Waals surface area (Å²) in [6, 6.07) is 6.66. The lowest BCUT2D eigenvalue weighted by molar-refractivity contribution is 0.0701. The summed E-state index contributed by atoms with van der Waals surface area (Å²) in [4.78, 5) is 15.7. The Balaban J connectivity index is 2.09. The predicted molar refractivity (Wildman–Crippen MR) is 70.2 cm³/mol. The fourth-order valence-corrected chi connectivity index (χ4v) is 3.54.